The molecule has 0 spiro atoms. The second kappa shape index (κ2) is 5.44. The number of hydrogen-bond acceptors (Lipinski definition) is 0. The predicted molar refractivity (Wildman–Crippen MR) is 89.2 cm³/mol. The molecule has 0 N–H and O–H groups in total. The molecule has 0 saturated heterocycles. The molecule has 20 heavy (non-hydrogen) atoms. The van der Waals surface area contributed by atoms with Crippen molar-refractivity contribution in [3.63, 3.8) is 0 Å². The molecular formula is C20H26. The van der Waals surface area contributed by atoms with E-state index in [4.69, 9.17) is 11.0 Å². The number of hydrogen-bond donors (Lipinski definition) is 0. The predicted octanol–water partition coefficient (Wildman–Crippen LogP) is 5.87. The molecule has 106 valence electrons. The standard InChI is InChI=1S/C20H26/c1-14-7-9-18(12-15(14)2)19-10-8-17(11-16(19)3)13-20(4,5)6/h7-12H,13H2,1-6H3/i2D3,3D3,13D2. The maximum atomic E-state index is 8.45. The molecule has 0 aromatic heterocycles. The summed E-state index contributed by atoms with van der Waals surface area (Å²) in [6.07, 6.45) is -1.73. The molecule has 0 heterocycles. The third kappa shape index (κ3) is 3.50. The number of rotatable bonds is 2. The average molecular weight is 274 g/mol. The molecule has 0 heteroatoms. The van der Waals surface area contributed by atoms with Crippen molar-refractivity contribution in [1.29, 1.82) is 0 Å². The van der Waals surface area contributed by atoms with Gasteiger partial charge in [0.1, 0.15) is 0 Å². The van der Waals surface area contributed by atoms with Crippen LogP contribution in [0.2, 0.25) is 0 Å². The summed E-state index contributed by atoms with van der Waals surface area (Å²) in [5.74, 6) is 0. The fraction of sp³-hybridized carbons (Fsp3) is 0.400. The highest BCUT2D eigenvalue weighted by Crippen LogP contribution is 2.28. The van der Waals surface area contributed by atoms with E-state index in [2.05, 4.69) is 0 Å². The molecule has 0 amide bonds. The van der Waals surface area contributed by atoms with Crippen LogP contribution in [0.25, 0.3) is 11.1 Å². The summed E-state index contributed by atoms with van der Waals surface area (Å²) in [4.78, 5) is 0. The lowest BCUT2D eigenvalue weighted by molar-refractivity contribution is 0.411. The van der Waals surface area contributed by atoms with Crippen molar-refractivity contribution >= 4 is 0 Å². The maximum absolute atomic E-state index is 8.45. The van der Waals surface area contributed by atoms with E-state index >= 15 is 0 Å². The molecule has 0 aliphatic carbocycles. The second-order valence-corrected chi connectivity index (χ2v) is 6.17. The number of benzene rings is 2. The minimum atomic E-state index is -2.47. The molecule has 0 aliphatic heterocycles. The van der Waals surface area contributed by atoms with Crippen LogP contribution in [0.4, 0.5) is 0 Å². The van der Waals surface area contributed by atoms with Crippen molar-refractivity contribution in [2.75, 3.05) is 0 Å². The van der Waals surface area contributed by atoms with Crippen molar-refractivity contribution < 1.29 is 11.0 Å². The van der Waals surface area contributed by atoms with Crippen LogP contribution in [0.1, 0.15) is 54.0 Å². The van der Waals surface area contributed by atoms with E-state index in [1.165, 1.54) is 12.1 Å². The molecule has 0 bridgehead atoms. The van der Waals surface area contributed by atoms with E-state index in [9.17, 15) is 0 Å². The van der Waals surface area contributed by atoms with Gasteiger partial charge >= 0.3 is 0 Å². The summed E-state index contributed by atoms with van der Waals surface area (Å²) in [7, 11) is 0. The molecule has 2 aromatic rings. The fourth-order valence-corrected chi connectivity index (χ4v) is 2.10. The van der Waals surface area contributed by atoms with E-state index < -0.39 is 25.5 Å². The van der Waals surface area contributed by atoms with E-state index in [0.29, 0.717) is 16.7 Å². The first-order chi connectivity index (χ1) is 12.5. The molecule has 2 rings (SSSR count). The van der Waals surface area contributed by atoms with Gasteiger partial charge in [-0.05, 0) is 65.8 Å². The van der Waals surface area contributed by atoms with Gasteiger partial charge in [0.05, 0.1) is 0 Å². The van der Waals surface area contributed by atoms with Gasteiger partial charge in [-0.1, -0.05) is 57.2 Å². The molecule has 0 atom stereocenters. The largest absolute Gasteiger partial charge is 0.0599 e. The lowest BCUT2D eigenvalue weighted by Crippen LogP contribution is -2.09. The van der Waals surface area contributed by atoms with Gasteiger partial charge in [0.15, 0.2) is 0 Å². The molecule has 0 unspecified atom stereocenters. The van der Waals surface area contributed by atoms with Gasteiger partial charge in [-0.3, -0.25) is 0 Å². The molecular weight excluding hydrogens is 240 g/mol. The quantitative estimate of drug-likeness (QED) is 0.642. The Kier molecular flexibility index (Phi) is 2.03. The van der Waals surface area contributed by atoms with Gasteiger partial charge in [0, 0.05) is 11.0 Å². The first-order valence-electron chi connectivity index (χ1n) is 10.7. The Morgan fingerprint density at radius 1 is 0.950 bits per heavy atom. The minimum absolute atomic E-state index is 0.0125. The van der Waals surface area contributed by atoms with Crippen LogP contribution in [0, 0.1) is 26.0 Å². The van der Waals surface area contributed by atoms with Crippen molar-refractivity contribution in [1.82, 2.24) is 0 Å². The van der Waals surface area contributed by atoms with Gasteiger partial charge in [-0.25, -0.2) is 0 Å². The Morgan fingerprint density at radius 2 is 1.70 bits per heavy atom. The van der Waals surface area contributed by atoms with E-state index in [-0.39, 0.29) is 16.7 Å². The number of aryl methyl sites for hydroxylation is 3. The summed E-state index contributed by atoms with van der Waals surface area (Å²) in [6.45, 7) is 2.22. The van der Waals surface area contributed by atoms with Crippen LogP contribution >= 0.6 is 0 Å². The van der Waals surface area contributed by atoms with Gasteiger partial charge in [-0.2, -0.15) is 0 Å². The van der Waals surface area contributed by atoms with Crippen molar-refractivity contribution in [3.8, 4) is 11.1 Å². The first-order valence-corrected chi connectivity index (χ1v) is 6.73. The highest BCUT2D eigenvalue weighted by Gasteiger charge is 2.12. The van der Waals surface area contributed by atoms with Gasteiger partial charge in [0.2, 0.25) is 0 Å². The van der Waals surface area contributed by atoms with Crippen LogP contribution in [0.3, 0.4) is 0 Å². The van der Waals surface area contributed by atoms with Gasteiger partial charge in [0.25, 0.3) is 0 Å². The third-order valence-corrected chi connectivity index (χ3v) is 3.09. The molecule has 0 radical (unpaired) electrons. The smallest absolute Gasteiger partial charge is 0.0321 e. The van der Waals surface area contributed by atoms with E-state index in [1.54, 1.807) is 52.0 Å². The Labute approximate surface area is 135 Å². The van der Waals surface area contributed by atoms with Gasteiger partial charge in [-0.15, -0.1) is 0 Å². The highest BCUT2D eigenvalue weighted by atomic mass is 14.2. The first kappa shape index (κ1) is 7.45. The van der Waals surface area contributed by atoms with Crippen LogP contribution < -0.4 is 0 Å². The highest BCUT2D eigenvalue weighted by molar-refractivity contribution is 5.68. The van der Waals surface area contributed by atoms with Crippen LogP contribution in [0.15, 0.2) is 36.4 Å². The third-order valence-electron chi connectivity index (χ3n) is 3.09. The molecule has 0 aliphatic rings. The molecule has 0 saturated carbocycles. The zero-order chi connectivity index (χ0) is 21.7. The second-order valence-electron chi connectivity index (χ2n) is 6.17. The fourth-order valence-electron chi connectivity index (χ4n) is 2.10. The SMILES string of the molecule is [2H]C([2H])([2H])c1cc(-c2ccc(C([2H])([2H])C(C)(C)C)cc2C([2H])([2H])[2H])ccc1C. The lowest BCUT2D eigenvalue weighted by Gasteiger charge is -2.19. The lowest BCUT2D eigenvalue weighted by atomic mass is 9.86. The molecule has 0 fully saturated rings. The van der Waals surface area contributed by atoms with Crippen molar-refractivity contribution in [2.45, 2.75) is 47.8 Å². The molecule has 2 aromatic carbocycles. The van der Waals surface area contributed by atoms with E-state index in [0.717, 1.165) is 0 Å². The van der Waals surface area contributed by atoms with Crippen LogP contribution in [-0.2, 0) is 6.37 Å². The zero-order valence-corrected chi connectivity index (χ0v) is 12.5. The minimum Gasteiger partial charge on any atom is -0.0599 e. The van der Waals surface area contributed by atoms with Crippen molar-refractivity contribution in [2.24, 2.45) is 5.41 Å². The molecule has 0 nitrogen and oxygen atoms in total. The normalized spacial score (nSPS) is 19.6. The average Bonchev–Trinajstić information content (AvgIpc) is 2.51. The monoisotopic (exact) mass is 274 g/mol. The van der Waals surface area contributed by atoms with Crippen LogP contribution in [0.5, 0.6) is 0 Å². The Bertz CT molecular complexity index is 867. The van der Waals surface area contributed by atoms with E-state index in [1.807, 2.05) is 0 Å². The summed E-state index contributed by atoms with van der Waals surface area (Å²) < 4.78 is 63.8. The topological polar surface area (TPSA) is 0 Å². The summed E-state index contributed by atoms with van der Waals surface area (Å²) in [5, 5.41) is 0. The summed E-state index contributed by atoms with van der Waals surface area (Å²) in [6, 6.07) is 9.43. The Balaban J connectivity index is 2.74. The maximum Gasteiger partial charge on any atom is 0.0321 e. The Morgan fingerprint density at radius 3 is 2.35 bits per heavy atom. The zero-order valence-electron chi connectivity index (χ0n) is 20.5. The van der Waals surface area contributed by atoms with Crippen LogP contribution in [-0.4, -0.2) is 0 Å². The van der Waals surface area contributed by atoms with Gasteiger partial charge < -0.3 is 0 Å². The summed E-state index contributed by atoms with van der Waals surface area (Å²) in [5.41, 5.74) is 1.25. The Hall–Kier alpha value is -1.56. The summed E-state index contributed by atoms with van der Waals surface area (Å²) >= 11 is 0. The van der Waals surface area contributed by atoms with Crippen molar-refractivity contribution in [3.05, 3.63) is 58.7 Å².